The number of piperidine rings is 1. The molecule has 0 bridgehead atoms. The normalized spacial score (nSPS) is 16.5. The summed E-state index contributed by atoms with van der Waals surface area (Å²) in [6.07, 6.45) is 4.46. The van der Waals surface area contributed by atoms with Crippen LogP contribution in [0.2, 0.25) is 0 Å². The molecule has 28 heavy (non-hydrogen) atoms. The minimum absolute atomic E-state index is 0. The van der Waals surface area contributed by atoms with Crippen LogP contribution >= 0.6 is 12.4 Å². The highest BCUT2D eigenvalue weighted by atomic mass is 35.5. The maximum Gasteiger partial charge on any atom is 0.261 e. The summed E-state index contributed by atoms with van der Waals surface area (Å²) in [4.78, 5) is 43.1. The Morgan fingerprint density at radius 1 is 1.25 bits per heavy atom. The second kappa shape index (κ2) is 10.2. The van der Waals surface area contributed by atoms with Crippen molar-refractivity contribution >= 4 is 35.1 Å². The summed E-state index contributed by atoms with van der Waals surface area (Å²) in [7, 11) is 0. The smallest absolute Gasteiger partial charge is 0.261 e. The van der Waals surface area contributed by atoms with E-state index in [1.807, 2.05) is 6.07 Å². The molecule has 1 fully saturated rings. The molecule has 1 saturated heterocycles. The summed E-state index contributed by atoms with van der Waals surface area (Å²) in [6, 6.07) is 7.02. The highest BCUT2D eigenvalue weighted by Crippen LogP contribution is 2.17. The summed E-state index contributed by atoms with van der Waals surface area (Å²) in [5.41, 5.74) is 5.78. The Labute approximate surface area is 169 Å². The number of amides is 2. The van der Waals surface area contributed by atoms with Crippen molar-refractivity contribution in [2.24, 2.45) is 5.73 Å². The summed E-state index contributed by atoms with van der Waals surface area (Å²) < 4.78 is 1.35. The third-order valence-corrected chi connectivity index (χ3v) is 4.89. The minimum Gasteiger partial charge on any atom is -0.354 e. The fourth-order valence-electron chi connectivity index (χ4n) is 3.45. The van der Waals surface area contributed by atoms with Gasteiger partial charge in [0.15, 0.2) is 0 Å². The molecule has 2 aromatic rings. The van der Waals surface area contributed by atoms with Gasteiger partial charge in [0.2, 0.25) is 11.8 Å². The fourth-order valence-corrected chi connectivity index (χ4v) is 3.45. The molecular formula is C19H26ClN5O3. The number of hydrogen-bond acceptors (Lipinski definition) is 5. The molecule has 152 valence electrons. The third kappa shape index (κ3) is 5.08. The maximum absolute atomic E-state index is 12.8. The van der Waals surface area contributed by atoms with Crippen LogP contribution in [0, 0.1) is 0 Å². The quantitative estimate of drug-likeness (QED) is 0.731. The molecule has 1 aromatic carbocycles. The van der Waals surface area contributed by atoms with Gasteiger partial charge in [-0.3, -0.25) is 19.0 Å². The number of para-hydroxylation sites is 1. The van der Waals surface area contributed by atoms with Crippen LogP contribution in [0.25, 0.3) is 10.9 Å². The number of rotatable bonds is 6. The number of fused-ring (bicyclic) bond motifs is 1. The monoisotopic (exact) mass is 407 g/mol. The second-order valence-electron chi connectivity index (χ2n) is 6.77. The lowest BCUT2D eigenvalue weighted by Gasteiger charge is -2.36. The Morgan fingerprint density at radius 2 is 2.04 bits per heavy atom. The van der Waals surface area contributed by atoms with E-state index >= 15 is 0 Å². The number of likely N-dealkylation sites (tertiary alicyclic amines) is 1. The molecule has 3 N–H and O–H groups in total. The Kier molecular flexibility index (Phi) is 7.95. The van der Waals surface area contributed by atoms with Crippen molar-refractivity contribution < 1.29 is 9.59 Å². The Morgan fingerprint density at radius 3 is 2.82 bits per heavy atom. The molecule has 3 rings (SSSR count). The Bertz CT molecular complexity index is 885. The maximum atomic E-state index is 12.8. The molecule has 1 unspecified atom stereocenters. The average Bonchev–Trinajstić information content (AvgIpc) is 2.69. The largest absolute Gasteiger partial charge is 0.354 e. The SMILES string of the molecule is Cl.NCCC(=O)NCC1CCCCN1C(=O)Cn1cnc2ccccc2c1=O. The van der Waals surface area contributed by atoms with Gasteiger partial charge in [-0.05, 0) is 31.4 Å². The summed E-state index contributed by atoms with van der Waals surface area (Å²) in [5.74, 6) is -0.239. The van der Waals surface area contributed by atoms with E-state index in [4.69, 9.17) is 5.73 Å². The lowest BCUT2D eigenvalue weighted by atomic mass is 10.0. The number of carbonyl (C=O) groups excluding carboxylic acids is 2. The van der Waals surface area contributed by atoms with Crippen molar-refractivity contribution in [2.75, 3.05) is 19.6 Å². The van der Waals surface area contributed by atoms with E-state index < -0.39 is 0 Å². The van der Waals surface area contributed by atoms with Gasteiger partial charge >= 0.3 is 0 Å². The molecule has 0 spiro atoms. The number of nitrogens with one attached hydrogen (secondary N) is 1. The van der Waals surface area contributed by atoms with Crippen LogP contribution in [0.4, 0.5) is 0 Å². The standard InChI is InChI=1S/C19H25N5O3.ClH/c20-9-8-17(25)21-11-14-5-3-4-10-24(14)18(26)12-23-13-22-16-7-2-1-6-15(16)19(23)27;/h1-2,6-7,13-14H,3-5,8-12,20H2,(H,21,25);1H. The highest BCUT2D eigenvalue weighted by Gasteiger charge is 2.27. The summed E-state index contributed by atoms with van der Waals surface area (Å²) >= 11 is 0. The van der Waals surface area contributed by atoms with Crippen LogP contribution in [0.15, 0.2) is 35.4 Å². The zero-order chi connectivity index (χ0) is 19.2. The number of halogens is 1. The predicted octanol–water partition coefficient (Wildman–Crippen LogP) is 0.664. The van der Waals surface area contributed by atoms with Crippen molar-refractivity contribution in [3.63, 3.8) is 0 Å². The van der Waals surface area contributed by atoms with Gasteiger partial charge in [-0.15, -0.1) is 12.4 Å². The molecule has 1 aromatic heterocycles. The Hall–Kier alpha value is -2.45. The van der Waals surface area contributed by atoms with Gasteiger partial charge in [0.05, 0.1) is 17.2 Å². The Balaban J connectivity index is 0.00000280. The number of benzene rings is 1. The molecule has 9 heteroatoms. The molecule has 8 nitrogen and oxygen atoms in total. The lowest BCUT2D eigenvalue weighted by molar-refractivity contribution is -0.136. The van der Waals surface area contributed by atoms with E-state index in [9.17, 15) is 14.4 Å². The zero-order valence-corrected chi connectivity index (χ0v) is 16.5. The molecule has 0 aliphatic carbocycles. The van der Waals surface area contributed by atoms with Crippen LogP contribution in [0.3, 0.4) is 0 Å². The average molecular weight is 408 g/mol. The van der Waals surface area contributed by atoms with Gasteiger partial charge in [0.25, 0.3) is 5.56 Å². The van der Waals surface area contributed by atoms with Crippen LogP contribution in [0.5, 0.6) is 0 Å². The van der Waals surface area contributed by atoms with E-state index in [0.717, 1.165) is 19.3 Å². The second-order valence-corrected chi connectivity index (χ2v) is 6.77. The minimum atomic E-state index is -0.223. The molecule has 0 radical (unpaired) electrons. The topological polar surface area (TPSA) is 110 Å². The number of aromatic nitrogens is 2. The molecule has 0 saturated carbocycles. The third-order valence-electron chi connectivity index (χ3n) is 4.89. The first-order valence-corrected chi connectivity index (χ1v) is 9.30. The van der Waals surface area contributed by atoms with Gasteiger partial charge in [0, 0.05) is 32.1 Å². The highest BCUT2D eigenvalue weighted by molar-refractivity contribution is 5.85. The van der Waals surface area contributed by atoms with E-state index in [-0.39, 0.29) is 48.8 Å². The van der Waals surface area contributed by atoms with Crippen LogP contribution < -0.4 is 16.6 Å². The van der Waals surface area contributed by atoms with Gasteiger partial charge in [-0.1, -0.05) is 12.1 Å². The number of hydrogen-bond donors (Lipinski definition) is 2. The summed E-state index contributed by atoms with van der Waals surface area (Å²) in [5, 5.41) is 3.34. The predicted molar refractivity (Wildman–Crippen MR) is 109 cm³/mol. The van der Waals surface area contributed by atoms with Crippen molar-refractivity contribution in [3.05, 3.63) is 40.9 Å². The van der Waals surface area contributed by atoms with Crippen LogP contribution in [-0.4, -0.2) is 51.9 Å². The first kappa shape index (κ1) is 21.8. The van der Waals surface area contributed by atoms with Crippen molar-refractivity contribution in [1.82, 2.24) is 19.8 Å². The number of carbonyl (C=O) groups is 2. The van der Waals surface area contributed by atoms with Crippen LogP contribution in [0.1, 0.15) is 25.7 Å². The van der Waals surface area contributed by atoms with Crippen LogP contribution in [-0.2, 0) is 16.1 Å². The van der Waals surface area contributed by atoms with Crippen molar-refractivity contribution in [1.29, 1.82) is 0 Å². The molecule has 1 atom stereocenters. The van der Waals surface area contributed by atoms with Gasteiger partial charge in [-0.2, -0.15) is 0 Å². The van der Waals surface area contributed by atoms with Crippen molar-refractivity contribution in [2.45, 2.75) is 38.3 Å². The van der Waals surface area contributed by atoms with Crippen molar-refractivity contribution in [3.8, 4) is 0 Å². The number of nitrogens with zero attached hydrogens (tertiary/aromatic N) is 3. The molecular weight excluding hydrogens is 382 g/mol. The zero-order valence-electron chi connectivity index (χ0n) is 15.7. The van der Waals surface area contributed by atoms with E-state index in [0.29, 0.717) is 30.5 Å². The lowest BCUT2D eigenvalue weighted by Crippen LogP contribution is -2.51. The molecule has 2 heterocycles. The fraction of sp³-hybridized carbons (Fsp3) is 0.474. The molecule has 1 aliphatic rings. The first-order chi connectivity index (χ1) is 13.1. The number of nitrogens with two attached hydrogens (primary N) is 1. The first-order valence-electron chi connectivity index (χ1n) is 9.30. The van der Waals surface area contributed by atoms with E-state index in [2.05, 4.69) is 10.3 Å². The molecule has 1 aliphatic heterocycles. The van der Waals surface area contributed by atoms with E-state index in [1.54, 1.807) is 23.1 Å². The van der Waals surface area contributed by atoms with E-state index in [1.165, 1.54) is 10.9 Å². The summed E-state index contributed by atoms with van der Waals surface area (Å²) in [6.45, 7) is 1.29. The molecule has 2 amide bonds. The van der Waals surface area contributed by atoms with Gasteiger partial charge < -0.3 is 16.0 Å². The van der Waals surface area contributed by atoms with Gasteiger partial charge in [0.1, 0.15) is 6.54 Å². The van der Waals surface area contributed by atoms with Gasteiger partial charge in [-0.25, -0.2) is 4.98 Å².